The predicted molar refractivity (Wildman–Crippen MR) is 107 cm³/mol. The van der Waals surface area contributed by atoms with E-state index in [9.17, 15) is 4.79 Å². The molecule has 0 bridgehead atoms. The van der Waals surface area contributed by atoms with Crippen LogP contribution in [0.1, 0.15) is 41.6 Å². The number of likely N-dealkylation sites (tertiary alicyclic amines) is 1. The first-order valence-electron chi connectivity index (χ1n) is 9.62. The van der Waals surface area contributed by atoms with Crippen molar-refractivity contribution in [1.82, 2.24) is 15.0 Å². The average molecular weight is 393 g/mol. The van der Waals surface area contributed by atoms with Crippen molar-refractivity contribution in [3.05, 3.63) is 60.0 Å². The van der Waals surface area contributed by atoms with E-state index in [0.29, 0.717) is 23.8 Å². The highest BCUT2D eigenvalue weighted by Gasteiger charge is 2.32. The van der Waals surface area contributed by atoms with E-state index in [1.807, 2.05) is 29.2 Å². The van der Waals surface area contributed by atoms with Gasteiger partial charge in [-0.15, -0.1) is 0 Å². The van der Waals surface area contributed by atoms with Gasteiger partial charge in [0, 0.05) is 17.7 Å². The minimum Gasteiger partial charge on any atom is -0.497 e. The maximum atomic E-state index is 13.1. The Kier molecular flexibility index (Phi) is 5.46. The molecule has 1 saturated heterocycles. The van der Waals surface area contributed by atoms with Crippen LogP contribution in [0.3, 0.4) is 0 Å². The maximum absolute atomic E-state index is 13.1. The van der Waals surface area contributed by atoms with Crippen LogP contribution in [0.5, 0.6) is 11.5 Å². The highest BCUT2D eigenvalue weighted by Crippen LogP contribution is 2.32. The molecule has 7 heteroatoms. The fraction of sp³-hybridized carbons (Fsp3) is 0.318. The van der Waals surface area contributed by atoms with E-state index in [1.165, 1.54) is 0 Å². The number of hydrogen-bond donors (Lipinski definition) is 0. The van der Waals surface area contributed by atoms with E-state index >= 15 is 0 Å². The fourth-order valence-corrected chi connectivity index (χ4v) is 3.56. The molecule has 0 N–H and O–H groups in total. The smallest absolute Gasteiger partial charge is 0.254 e. The summed E-state index contributed by atoms with van der Waals surface area (Å²) >= 11 is 0. The van der Waals surface area contributed by atoms with E-state index in [1.54, 1.807) is 38.5 Å². The second-order valence-electron chi connectivity index (χ2n) is 6.92. The van der Waals surface area contributed by atoms with E-state index in [0.717, 1.165) is 36.3 Å². The first-order valence-corrected chi connectivity index (χ1v) is 9.62. The molecule has 2 heterocycles. The van der Waals surface area contributed by atoms with Crippen molar-refractivity contribution >= 4 is 5.91 Å². The molecule has 0 unspecified atom stereocenters. The van der Waals surface area contributed by atoms with Crippen molar-refractivity contribution < 1.29 is 18.8 Å². The van der Waals surface area contributed by atoms with E-state index in [4.69, 9.17) is 14.0 Å². The molecular weight excluding hydrogens is 370 g/mol. The minimum absolute atomic E-state index is 0.0402. The van der Waals surface area contributed by atoms with Gasteiger partial charge in [-0.3, -0.25) is 4.79 Å². The third kappa shape index (κ3) is 3.94. The molecule has 1 aliphatic rings. The number of rotatable bonds is 5. The summed E-state index contributed by atoms with van der Waals surface area (Å²) in [5.41, 5.74) is 1.46. The fourth-order valence-electron chi connectivity index (χ4n) is 3.56. The number of nitrogens with zero attached hydrogens (tertiary/aromatic N) is 3. The van der Waals surface area contributed by atoms with Crippen LogP contribution in [-0.4, -0.2) is 41.7 Å². The van der Waals surface area contributed by atoms with Gasteiger partial charge in [-0.1, -0.05) is 5.16 Å². The second-order valence-corrected chi connectivity index (χ2v) is 6.92. The predicted octanol–water partition coefficient (Wildman–Crippen LogP) is 4.12. The quantitative estimate of drug-likeness (QED) is 0.649. The molecule has 1 fully saturated rings. The van der Waals surface area contributed by atoms with Crippen molar-refractivity contribution in [2.75, 3.05) is 20.8 Å². The average Bonchev–Trinajstić information content (AvgIpc) is 3.29. The number of piperidine rings is 1. The van der Waals surface area contributed by atoms with Gasteiger partial charge < -0.3 is 18.9 Å². The van der Waals surface area contributed by atoms with Gasteiger partial charge in [-0.25, -0.2) is 0 Å². The molecule has 4 rings (SSSR count). The number of ether oxygens (including phenoxy) is 2. The molecule has 0 saturated carbocycles. The molecule has 3 aromatic rings. The summed E-state index contributed by atoms with van der Waals surface area (Å²) in [4.78, 5) is 19.5. The van der Waals surface area contributed by atoms with Gasteiger partial charge in [0.1, 0.15) is 17.5 Å². The molecule has 1 amide bonds. The normalized spacial score (nSPS) is 16.5. The summed E-state index contributed by atoms with van der Waals surface area (Å²) in [6, 6.07) is 14.4. The van der Waals surface area contributed by atoms with Crippen molar-refractivity contribution in [3.8, 4) is 22.9 Å². The van der Waals surface area contributed by atoms with Crippen LogP contribution < -0.4 is 9.47 Å². The number of benzene rings is 2. The molecule has 7 nitrogen and oxygen atoms in total. The van der Waals surface area contributed by atoms with Crippen LogP contribution in [0.25, 0.3) is 11.4 Å². The molecule has 0 radical (unpaired) electrons. The molecule has 0 spiro atoms. The lowest BCUT2D eigenvalue weighted by Gasteiger charge is -2.33. The molecule has 1 atom stereocenters. The second kappa shape index (κ2) is 8.34. The lowest BCUT2D eigenvalue weighted by atomic mass is 10.0. The van der Waals surface area contributed by atoms with Gasteiger partial charge in [-0.2, -0.15) is 4.98 Å². The number of aromatic nitrogens is 2. The molecule has 2 aromatic carbocycles. The number of carbonyl (C=O) groups is 1. The topological polar surface area (TPSA) is 77.7 Å². The SMILES string of the molecule is COc1ccc(C(=O)N2CCCC[C@H]2c2nc(-c3ccc(OC)cc3)no2)cc1. The third-order valence-electron chi connectivity index (χ3n) is 5.18. The van der Waals surface area contributed by atoms with Crippen molar-refractivity contribution in [1.29, 1.82) is 0 Å². The zero-order valence-corrected chi connectivity index (χ0v) is 16.5. The Morgan fingerprint density at radius 2 is 1.66 bits per heavy atom. The van der Waals surface area contributed by atoms with Crippen LogP contribution >= 0.6 is 0 Å². The zero-order chi connectivity index (χ0) is 20.2. The van der Waals surface area contributed by atoms with Gasteiger partial charge >= 0.3 is 0 Å². The first-order chi connectivity index (χ1) is 14.2. The van der Waals surface area contributed by atoms with E-state index in [-0.39, 0.29) is 11.9 Å². The molecule has 1 aromatic heterocycles. The maximum Gasteiger partial charge on any atom is 0.254 e. The Labute approximate surface area is 169 Å². The van der Waals surface area contributed by atoms with Gasteiger partial charge in [0.25, 0.3) is 5.91 Å². The number of carbonyl (C=O) groups excluding carboxylic acids is 1. The molecule has 150 valence electrons. The number of amides is 1. The van der Waals surface area contributed by atoms with Crippen molar-refractivity contribution in [2.24, 2.45) is 0 Å². The summed E-state index contributed by atoms with van der Waals surface area (Å²) < 4.78 is 15.9. The summed E-state index contributed by atoms with van der Waals surface area (Å²) in [6.45, 7) is 0.662. The molecule has 1 aliphatic heterocycles. The standard InChI is InChI=1S/C22H23N3O4/c1-27-17-10-6-15(7-11-17)20-23-21(29-24-20)19-5-3-4-14-25(19)22(26)16-8-12-18(28-2)13-9-16/h6-13,19H,3-5,14H2,1-2H3/t19-/m0/s1. The monoisotopic (exact) mass is 393 g/mol. The Bertz CT molecular complexity index is 966. The van der Waals surface area contributed by atoms with E-state index in [2.05, 4.69) is 10.1 Å². The Morgan fingerprint density at radius 1 is 1.00 bits per heavy atom. The van der Waals surface area contributed by atoms with Crippen LogP contribution in [0.15, 0.2) is 53.1 Å². The summed E-state index contributed by atoms with van der Waals surface area (Å²) in [5.74, 6) is 2.42. The summed E-state index contributed by atoms with van der Waals surface area (Å²) in [5, 5.41) is 4.12. The largest absolute Gasteiger partial charge is 0.497 e. The Hall–Kier alpha value is -3.35. The van der Waals surface area contributed by atoms with Gasteiger partial charge in [0.15, 0.2) is 0 Å². The Balaban J connectivity index is 1.57. The van der Waals surface area contributed by atoms with Gasteiger partial charge in [0.05, 0.1) is 14.2 Å². The highest BCUT2D eigenvalue weighted by molar-refractivity contribution is 5.94. The summed E-state index contributed by atoms with van der Waals surface area (Å²) in [6.07, 6.45) is 2.77. The highest BCUT2D eigenvalue weighted by atomic mass is 16.5. The van der Waals surface area contributed by atoms with Crippen LogP contribution in [0.2, 0.25) is 0 Å². The van der Waals surface area contributed by atoms with Crippen molar-refractivity contribution in [2.45, 2.75) is 25.3 Å². The van der Waals surface area contributed by atoms with Crippen LogP contribution in [0, 0.1) is 0 Å². The first kappa shape index (κ1) is 19.0. The molecule has 29 heavy (non-hydrogen) atoms. The van der Waals surface area contributed by atoms with Gasteiger partial charge in [-0.05, 0) is 67.8 Å². The lowest BCUT2D eigenvalue weighted by molar-refractivity contribution is 0.0561. The van der Waals surface area contributed by atoms with Crippen LogP contribution in [0.4, 0.5) is 0 Å². The molecule has 0 aliphatic carbocycles. The summed E-state index contributed by atoms with van der Waals surface area (Å²) in [7, 11) is 3.23. The lowest BCUT2D eigenvalue weighted by Crippen LogP contribution is -2.38. The number of methoxy groups -OCH3 is 2. The Morgan fingerprint density at radius 3 is 2.31 bits per heavy atom. The zero-order valence-electron chi connectivity index (χ0n) is 16.5. The van der Waals surface area contributed by atoms with Crippen LogP contribution in [-0.2, 0) is 0 Å². The van der Waals surface area contributed by atoms with Crippen molar-refractivity contribution in [3.63, 3.8) is 0 Å². The number of hydrogen-bond acceptors (Lipinski definition) is 6. The molecular formula is C22H23N3O4. The van der Waals surface area contributed by atoms with Gasteiger partial charge in [0.2, 0.25) is 11.7 Å². The van der Waals surface area contributed by atoms with E-state index < -0.39 is 0 Å². The third-order valence-corrected chi connectivity index (χ3v) is 5.18. The minimum atomic E-state index is -0.224.